The minimum atomic E-state index is -4.39. The highest BCUT2D eigenvalue weighted by Crippen LogP contribution is 2.33. The van der Waals surface area contributed by atoms with Gasteiger partial charge >= 0.3 is 6.18 Å². The van der Waals surface area contributed by atoms with Gasteiger partial charge in [-0.05, 0) is 37.3 Å². The number of carbonyl (C=O) groups is 1. The highest BCUT2D eigenvalue weighted by molar-refractivity contribution is 5.99. The number of pyridine rings is 1. The standard InChI is InChI=1S/C18H12F3NO2/c1-11(23)12-2-3-13-9-22-10-17(16(13)8-12)24-15-6-4-14(5-7-15)18(19,20)21/h2-10H,1H3. The average molecular weight is 331 g/mol. The third-order valence-corrected chi connectivity index (χ3v) is 3.54. The third kappa shape index (κ3) is 3.22. The van der Waals surface area contributed by atoms with Crippen LogP contribution in [0.4, 0.5) is 13.2 Å². The topological polar surface area (TPSA) is 39.2 Å². The molecule has 0 N–H and O–H groups in total. The number of carbonyl (C=O) groups excluding carboxylic acids is 1. The molecular formula is C18H12F3NO2. The molecule has 3 nitrogen and oxygen atoms in total. The van der Waals surface area contributed by atoms with Crippen LogP contribution in [0.15, 0.2) is 54.9 Å². The number of ketones is 1. The van der Waals surface area contributed by atoms with Gasteiger partial charge in [-0.15, -0.1) is 0 Å². The number of fused-ring (bicyclic) bond motifs is 1. The summed E-state index contributed by atoms with van der Waals surface area (Å²) in [7, 11) is 0. The van der Waals surface area contributed by atoms with E-state index in [4.69, 9.17) is 4.74 Å². The van der Waals surface area contributed by atoms with Crippen LogP contribution in [-0.2, 0) is 6.18 Å². The van der Waals surface area contributed by atoms with Gasteiger partial charge in [0.1, 0.15) is 5.75 Å². The van der Waals surface area contributed by atoms with E-state index in [0.717, 1.165) is 17.5 Å². The fourth-order valence-corrected chi connectivity index (χ4v) is 2.28. The molecule has 0 saturated carbocycles. The number of ether oxygens (including phenoxy) is 1. The molecule has 1 aromatic heterocycles. The van der Waals surface area contributed by atoms with Gasteiger partial charge in [-0.1, -0.05) is 12.1 Å². The van der Waals surface area contributed by atoms with Crippen molar-refractivity contribution in [2.45, 2.75) is 13.1 Å². The van der Waals surface area contributed by atoms with Crippen molar-refractivity contribution >= 4 is 16.6 Å². The van der Waals surface area contributed by atoms with Crippen LogP contribution in [0.3, 0.4) is 0 Å². The van der Waals surface area contributed by atoms with Crippen LogP contribution in [0.5, 0.6) is 11.5 Å². The molecular weight excluding hydrogens is 319 g/mol. The van der Waals surface area contributed by atoms with Crippen LogP contribution in [0.2, 0.25) is 0 Å². The minimum absolute atomic E-state index is 0.0887. The number of halogens is 3. The Morgan fingerprint density at radius 1 is 1.04 bits per heavy atom. The van der Waals surface area contributed by atoms with Gasteiger partial charge in [0.2, 0.25) is 0 Å². The van der Waals surface area contributed by atoms with E-state index in [-0.39, 0.29) is 11.5 Å². The predicted octanol–water partition coefficient (Wildman–Crippen LogP) is 5.25. The molecule has 2 aromatic carbocycles. The molecule has 0 radical (unpaired) electrons. The maximum Gasteiger partial charge on any atom is 0.416 e. The second-order valence-corrected chi connectivity index (χ2v) is 5.25. The molecule has 0 atom stereocenters. The van der Waals surface area contributed by atoms with Crippen molar-refractivity contribution in [2.75, 3.05) is 0 Å². The maximum atomic E-state index is 12.6. The summed E-state index contributed by atoms with van der Waals surface area (Å²) >= 11 is 0. The van der Waals surface area contributed by atoms with E-state index in [9.17, 15) is 18.0 Å². The number of hydrogen-bond donors (Lipinski definition) is 0. The van der Waals surface area contributed by atoms with Crippen LogP contribution < -0.4 is 4.74 Å². The Morgan fingerprint density at radius 2 is 1.75 bits per heavy atom. The second-order valence-electron chi connectivity index (χ2n) is 5.25. The number of Topliss-reactive ketones (excluding diaryl/α,β-unsaturated/α-hetero) is 1. The number of nitrogens with zero attached hydrogens (tertiary/aromatic N) is 1. The molecule has 1 heterocycles. The summed E-state index contributed by atoms with van der Waals surface area (Å²) in [5.41, 5.74) is -0.226. The van der Waals surface area contributed by atoms with Gasteiger partial charge in [0.25, 0.3) is 0 Å². The summed E-state index contributed by atoms with van der Waals surface area (Å²) in [6, 6.07) is 9.52. The molecule has 6 heteroatoms. The number of hydrogen-bond acceptors (Lipinski definition) is 3. The van der Waals surface area contributed by atoms with E-state index in [1.54, 1.807) is 24.4 Å². The van der Waals surface area contributed by atoms with E-state index >= 15 is 0 Å². The van der Waals surface area contributed by atoms with E-state index in [1.807, 2.05) is 0 Å². The Hall–Kier alpha value is -2.89. The normalized spacial score (nSPS) is 11.5. The molecule has 0 fully saturated rings. The lowest BCUT2D eigenvalue weighted by Gasteiger charge is -2.11. The Morgan fingerprint density at radius 3 is 2.38 bits per heavy atom. The first-order chi connectivity index (χ1) is 11.3. The number of rotatable bonds is 3. The second kappa shape index (κ2) is 5.96. The molecule has 0 spiro atoms. The third-order valence-electron chi connectivity index (χ3n) is 3.54. The number of aromatic nitrogens is 1. The summed E-state index contributed by atoms with van der Waals surface area (Å²) in [6.07, 6.45) is -1.31. The summed E-state index contributed by atoms with van der Waals surface area (Å²) in [5, 5.41) is 1.43. The van der Waals surface area contributed by atoms with Crippen molar-refractivity contribution in [3.63, 3.8) is 0 Å². The first-order valence-corrected chi connectivity index (χ1v) is 7.08. The summed E-state index contributed by atoms with van der Waals surface area (Å²) in [5.74, 6) is 0.537. The molecule has 0 amide bonds. The van der Waals surface area contributed by atoms with Gasteiger partial charge in [0.15, 0.2) is 11.5 Å². The molecule has 122 valence electrons. The lowest BCUT2D eigenvalue weighted by atomic mass is 10.1. The van der Waals surface area contributed by atoms with E-state index < -0.39 is 11.7 Å². The highest BCUT2D eigenvalue weighted by atomic mass is 19.4. The van der Waals surface area contributed by atoms with Crippen LogP contribution in [0.1, 0.15) is 22.8 Å². The predicted molar refractivity (Wildman–Crippen MR) is 83.3 cm³/mol. The molecule has 24 heavy (non-hydrogen) atoms. The van der Waals surface area contributed by atoms with Gasteiger partial charge in [0.05, 0.1) is 11.8 Å². The molecule has 3 rings (SSSR count). The minimum Gasteiger partial charge on any atom is -0.455 e. The molecule has 0 saturated heterocycles. The summed E-state index contributed by atoms with van der Waals surface area (Å²) < 4.78 is 43.4. The SMILES string of the molecule is CC(=O)c1ccc2cncc(Oc3ccc(C(F)(F)F)cc3)c2c1. The quantitative estimate of drug-likeness (QED) is 0.615. The smallest absolute Gasteiger partial charge is 0.416 e. The van der Waals surface area contributed by atoms with E-state index in [1.165, 1.54) is 25.3 Å². The van der Waals surface area contributed by atoms with E-state index in [2.05, 4.69) is 4.98 Å². The van der Waals surface area contributed by atoms with Crippen LogP contribution in [-0.4, -0.2) is 10.8 Å². The van der Waals surface area contributed by atoms with Gasteiger partial charge in [-0.3, -0.25) is 9.78 Å². The Kier molecular flexibility index (Phi) is 3.97. The Labute approximate surface area is 135 Å². The lowest BCUT2D eigenvalue weighted by molar-refractivity contribution is -0.137. The van der Waals surface area contributed by atoms with Crippen molar-refractivity contribution < 1.29 is 22.7 Å². The van der Waals surface area contributed by atoms with Gasteiger partial charge in [-0.25, -0.2) is 0 Å². The summed E-state index contributed by atoms with van der Waals surface area (Å²) in [4.78, 5) is 15.6. The maximum absolute atomic E-state index is 12.6. The van der Waals surface area contributed by atoms with E-state index in [0.29, 0.717) is 16.7 Å². The molecule has 0 aliphatic heterocycles. The first-order valence-electron chi connectivity index (χ1n) is 7.08. The monoisotopic (exact) mass is 331 g/mol. The zero-order chi connectivity index (χ0) is 17.3. The fraction of sp³-hybridized carbons (Fsp3) is 0.111. The Bertz CT molecular complexity index is 902. The largest absolute Gasteiger partial charge is 0.455 e. The van der Waals surface area contributed by atoms with Crippen molar-refractivity contribution in [2.24, 2.45) is 0 Å². The van der Waals surface area contributed by atoms with Crippen molar-refractivity contribution in [1.82, 2.24) is 4.98 Å². The zero-order valence-corrected chi connectivity index (χ0v) is 12.6. The fourth-order valence-electron chi connectivity index (χ4n) is 2.28. The van der Waals surface area contributed by atoms with Crippen LogP contribution in [0, 0.1) is 0 Å². The first kappa shape index (κ1) is 16.0. The molecule has 0 unspecified atom stereocenters. The van der Waals surface area contributed by atoms with Gasteiger partial charge in [0, 0.05) is 22.5 Å². The zero-order valence-electron chi connectivity index (χ0n) is 12.6. The lowest BCUT2D eigenvalue weighted by Crippen LogP contribution is -2.04. The van der Waals surface area contributed by atoms with Gasteiger partial charge in [-0.2, -0.15) is 13.2 Å². The molecule has 0 bridgehead atoms. The van der Waals surface area contributed by atoms with Gasteiger partial charge < -0.3 is 4.74 Å². The molecule has 0 aliphatic carbocycles. The van der Waals surface area contributed by atoms with Crippen molar-refractivity contribution in [1.29, 1.82) is 0 Å². The average Bonchev–Trinajstić information content (AvgIpc) is 2.54. The molecule has 0 aliphatic rings. The Balaban J connectivity index is 1.97. The summed E-state index contributed by atoms with van der Waals surface area (Å²) in [6.45, 7) is 1.46. The number of alkyl halides is 3. The van der Waals surface area contributed by atoms with Crippen LogP contribution >= 0.6 is 0 Å². The van der Waals surface area contributed by atoms with Crippen molar-refractivity contribution in [3.8, 4) is 11.5 Å². The van der Waals surface area contributed by atoms with Crippen molar-refractivity contribution in [3.05, 3.63) is 66.0 Å². The number of benzene rings is 2. The highest BCUT2D eigenvalue weighted by Gasteiger charge is 2.30. The molecule has 3 aromatic rings. The van der Waals surface area contributed by atoms with Crippen LogP contribution in [0.25, 0.3) is 10.8 Å².